The van der Waals surface area contributed by atoms with Crippen LogP contribution < -0.4 is 5.32 Å². The zero-order valence-electron chi connectivity index (χ0n) is 10.7. The van der Waals surface area contributed by atoms with Crippen molar-refractivity contribution in [3.05, 3.63) is 30.2 Å². The third kappa shape index (κ3) is 3.20. The number of alkyl halides is 1. The molecule has 0 saturated heterocycles. The van der Waals surface area contributed by atoms with Crippen molar-refractivity contribution < 1.29 is 9.21 Å². The van der Waals surface area contributed by atoms with Gasteiger partial charge in [0.2, 0.25) is 17.7 Å². The van der Waals surface area contributed by atoms with E-state index >= 15 is 0 Å². The average molecular weight is 324 g/mol. The highest BCUT2D eigenvalue weighted by Gasteiger charge is 2.16. The topological polar surface area (TPSA) is 68.0 Å². The lowest BCUT2D eigenvalue weighted by atomic mass is 10.1. The minimum absolute atomic E-state index is 0.0915. The van der Waals surface area contributed by atoms with E-state index in [0.29, 0.717) is 29.5 Å². The second-order valence-electron chi connectivity index (χ2n) is 4.04. The molecule has 0 fully saturated rings. The summed E-state index contributed by atoms with van der Waals surface area (Å²) < 4.78 is 5.39. The molecule has 1 atom stereocenters. The third-order valence-electron chi connectivity index (χ3n) is 2.58. The van der Waals surface area contributed by atoms with Crippen LogP contribution in [0.3, 0.4) is 0 Å². The molecule has 0 saturated carbocycles. The Kier molecular flexibility index (Phi) is 4.31. The highest BCUT2D eigenvalue weighted by Crippen LogP contribution is 2.27. The molecule has 2 aromatic rings. The normalized spacial score (nSPS) is 12.2. The van der Waals surface area contributed by atoms with Crippen LogP contribution in [-0.2, 0) is 4.79 Å². The van der Waals surface area contributed by atoms with Crippen LogP contribution in [-0.4, -0.2) is 20.9 Å². The highest BCUT2D eigenvalue weighted by atomic mass is 79.9. The Morgan fingerprint density at radius 2 is 2.16 bits per heavy atom. The van der Waals surface area contributed by atoms with Crippen molar-refractivity contribution in [3.8, 4) is 11.5 Å². The molecule has 0 radical (unpaired) electrons. The summed E-state index contributed by atoms with van der Waals surface area (Å²) in [6, 6.07) is 7.34. The van der Waals surface area contributed by atoms with Gasteiger partial charge in [-0.25, -0.2) is 0 Å². The molecular weight excluding hydrogens is 310 g/mol. The van der Waals surface area contributed by atoms with Crippen molar-refractivity contribution in [1.82, 2.24) is 10.2 Å². The molecule has 1 amide bonds. The predicted octanol–water partition coefficient (Wildman–Crippen LogP) is 3.16. The minimum Gasteiger partial charge on any atom is -0.421 e. The minimum atomic E-state index is -0.218. The number of aromatic nitrogens is 2. The number of anilines is 1. The Balaban J connectivity index is 2.29. The number of halogens is 1. The molecular formula is C13H14BrN3O2. The largest absolute Gasteiger partial charge is 0.421 e. The Morgan fingerprint density at radius 3 is 2.79 bits per heavy atom. The summed E-state index contributed by atoms with van der Waals surface area (Å²) in [5.41, 5.74) is 1.38. The van der Waals surface area contributed by atoms with Gasteiger partial charge in [-0.15, -0.1) is 10.2 Å². The summed E-state index contributed by atoms with van der Waals surface area (Å²) in [5, 5.41) is 10.6. The van der Waals surface area contributed by atoms with Crippen LogP contribution in [0.15, 0.2) is 28.7 Å². The van der Waals surface area contributed by atoms with Gasteiger partial charge in [-0.3, -0.25) is 4.79 Å². The maximum absolute atomic E-state index is 11.9. The monoisotopic (exact) mass is 323 g/mol. The van der Waals surface area contributed by atoms with Crippen LogP contribution in [0.2, 0.25) is 0 Å². The van der Waals surface area contributed by atoms with E-state index in [9.17, 15) is 4.79 Å². The number of aryl methyl sites for hydroxylation is 1. The first-order valence-corrected chi connectivity index (χ1v) is 6.87. The van der Waals surface area contributed by atoms with Crippen LogP contribution in [0.1, 0.15) is 19.2 Å². The first-order chi connectivity index (χ1) is 9.11. The second kappa shape index (κ2) is 5.97. The van der Waals surface area contributed by atoms with Crippen LogP contribution in [0.25, 0.3) is 11.5 Å². The SMILES string of the molecule is CCC(Br)C(=O)Nc1ccccc1-c1nnc(C)o1. The summed E-state index contributed by atoms with van der Waals surface area (Å²) >= 11 is 3.32. The van der Waals surface area contributed by atoms with Crippen molar-refractivity contribution in [2.45, 2.75) is 25.1 Å². The number of benzene rings is 1. The van der Waals surface area contributed by atoms with Crippen molar-refractivity contribution in [2.75, 3.05) is 5.32 Å². The molecule has 0 aliphatic rings. The molecule has 1 N–H and O–H groups in total. The van der Waals surface area contributed by atoms with E-state index in [1.165, 1.54) is 0 Å². The lowest BCUT2D eigenvalue weighted by molar-refractivity contribution is -0.115. The van der Waals surface area contributed by atoms with Gasteiger partial charge >= 0.3 is 0 Å². The van der Waals surface area contributed by atoms with Gasteiger partial charge in [0, 0.05) is 6.92 Å². The molecule has 1 unspecified atom stereocenters. The molecule has 0 bridgehead atoms. The number of carbonyl (C=O) groups excluding carboxylic acids is 1. The van der Waals surface area contributed by atoms with Crippen molar-refractivity contribution >= 4 is 27.5 Å². The Morgan fingerprint density at radius 1 is 1.42 bits per heavy atom. The van der Waals surface area contributed by atoms with Gasteiger partial charge in [-0.1, -0.05) is 35.0 Å². The number of nitrogens with zero attached hydrogens (tertiary/aromatic N) is 2. The van der Waals surface area contributed by atoms with E-state index in [2.05, 4.69) is 31.4 Å². The lowest BCUT2D eigenvalue weighted by Gasteiger charge is -2.11. The smallest absolute Gasteiger partial charge is 0.249 e. The van der Waals surface area contributed by atoms with E-state index in [1.54, 1.807) is 6.92 Å². The van der Waals surface area contributed by atoms with Gasteiger partial charge in [0.15, 0.2) is 0 Å². The molecule has 0 aliphatic heterocycles. The summed E-state index contributed by atoms with van der Waals surface area (Å²) in [6.07, 6.45) is 0.716. The van der Waals surface area contributed by atoms with E-state index < -0.39 is 0 Å². The predicted molar refractivity (Wildman–Crippen MR) is 76.1 cm³/mol. The van der Waals surface area contributed by atoms with Gasteiger partial charge in [-0.2, -0.15) is 0 Å². The molecule has 19 heavy (non-hydrogen) atoms. The van der Waals surface area contributed by atoms with Crippen LogP contribution in [0.4, 0.5) is 5.69 Å². The molecule has 100 valence electrons. The van der Waals surface area contributed by atoms with Crippen LogP contribution in [0, 0.1) is 6.92 Å². The summed E-state index contributed by atoms with van der Waals surface area (Å²) in [7, 11) is 0. The number of para-hydroxylation sites is 1. The molecule has 2 rings (SSSR count). The number of carbonyl (C=O) groups is 1. The number of hydrogen-bond acceptors (Lipinski definition) is 4. The molecule has 1 aromatic heterocycles. The van der Waals surface area contributed by atoms with Gasteiger partial charge < -0.3 is 9.73 Å². The van der Waals surface area contributed by atoms with Crippen molar-refractivity contribution in [3.63, 3.8) is 0 Å². The summed E-state index contributed by atoms with van der Waals surface area (Å²) in [5.74, 6) is 0.797. The fourth-order valence-corrected chi connectivity index (χ4v) is 1.69. The molecule has 1 aromatic carbocycles. The first-order valence-electron chi connectivity index (χ1n) is 5.96. The zero-order valence-corrected chi connectivity index (χ0v) is 12.3. The van der Waals surface area contributed by atoms with Crippen molar-refractivity contribution in [2.24, 2.45) is 0 Å². The third-order valence-corrected chi connectivity index (χ3v) is 3.65. The molecule has 5 nitrogen and oxygen atoms in total. The van der Waals surface area contributed by atoms with Crippen molar-refractivity contribution in [1.29, 1.82) is 0 Å². The average Bonchev–Trinajstić information content (AvgIpc) is 2.85. The van der Waals surface area contributed by atoms with E-state index in [1.807, 2.05) is 31.2 Å². The number of nitrogens with one attached hydrogen (secondary N) is 1. The lowest BCUT2D eigenvalue weighted by Crippen LogP contribution is -2.22. The van der Waals surface area contributed by atoms with E-state index in [-0.39, 0.29) is 10.7 Å². The second-order valence-corrected chi connectivity index (χ2v) is 5.14. The highest BCUT2D eigenvalue weighted by molar-refractivity contribution is 9.10. The number of amides is 1. The molecule has 6 heteroatoms. The first kappa shape index (κ1) is 13.7. The summed E-state index contributed by atoms with van der Waals surface area (Å²) in [4.78, 5) is 11.7. The quantitative estimate of drug-likeness (QED) is 0.877. The van der Waals surface area contributed by atoms with Gasteiger partial charge in [0.1, 0.15) is 0 Å². The van der Waals surface area contributed by atoms with Gasteiger partial charge in [0.25, 0.3) is 0 Å². The maximum atomic E-state index is 11.9. The molecule has 0 aliphatic carbocycles. The molecule has 1 heterocycles. The fourth-order valence-electron chi connectivity index (χ4n) is 1.58. The van der Waals surface area contributed by atoms with E-state index in [0.717, 1.165) is 0 Å². The Hall–Kier alpha value is -1.69. The van der Waals surface area contributed by atoms with Crippen LogP contribution in [0.5, 0.6) is 0 Å². The fraction of sp³-hybridized carbons (Fsp3) is 0.308. The maximum Gasteiger partial charge on any atom is 0.249 e. The van der Waals surface area contributed by atoms with Gasteiger partial charge in [-0.05, 0) is 18.6 Å². The standard InChI is InChI=1S/C13H14BrN3O2/c1-3-10(14)12(18)15-11-7-5-4-6-9(11)13-17-16-8(2)19-13/h4-7,10H,3H2,1-2H3,(H,15,18). The molecule has 0 spiro atoms. The van der Waals surface area contributed by atoms with Crippen LogP contribution >= 0.6 is 15.9 Å². The zero-order chi connectivity index (χ0) is 13.8. The number of hydrogen-bond donors (Lipinski definition) is 1. The Labute approximate surface area is 119 Å². The Bertz CT molecular complexity index is 583. The summed E-state index contributed by atoms with van der Waals surface area (Å²) in [6.45, 7) is 3.66. The van der Waals surface area contributed by atoms with Gasteiger partial charge in [0.05, 0.1) is 16.1 Å². The number of rotatable bonds is 4. The van der Waals surface area contributed by atoms with E-state index in [4.69, 9.17) is 4.42 Å².